The van der Waals surface area contributed by atoms with Gasteiger partial charge in [-0.05, 0) is 43.5 Å². The molecule has 1 atom stereocenters. The minimum Gasteiger partial charge on any atom is -0.381 e. The highest BCUT2D eigenvalue weighted by molar-refractivity contribution is 7.89. The van der Waals surface area contributed by atoms with Gasteiger partial charge in [0.1, 0.15) is 0 Å². The summed E-state index contributed by atoms with van der Waals surface area (Å²) in [4.78, 5) is 0.315. The summed E-state index contributed by atoms with van der Waals surface area (Å²) in [6.45, 7) is 2.68. The molecule has 5 nitrogen and oxygen atoms in total. The first-order valence-electron chi connectivity index (χ1n) is 7.14. The van der Waals surface area contributed by atoms with Gasteiger partial charge in [-0.2, -0.15) is 0 Å². The summed E-state index contributed by atoms with van der Waals surface area (Å²) in [7, 11) is -3.36. The van der Waals surface area contributed by atoms with Gasteiger partial charge in [0.05, 0.1) is 4.90 Å². The number of benzene rings is 1. The first kappa shape index (κ1) is 15.3. The molecule has 0 radical (unpaired) electrons. The summed E-state index contributed by atoms with van der Waals surface area (Å²) in [5.74, 6) is 0. The Morgan fingerprint density at radius 3 is 2.45 bits per heavy atom. The molecule has 4 N–H and O–H groups in total. The van der Waals surface area contributed by atoms with Crippen molar-refractivity contribution >= 4 is 15.7 Å². The Bertz CT molecular complexity index is 524. The Labute approximate surface area is 121 Å². The van der Waals surface area contributed by atoms with Gasteiger partial charge in [0, 0.05) is 24.3 Å². The number of anilines is 1. The molecule has 112 valence electrons. The van der Waals surface area contributed by atoms with E-state index in [1.807, 2.05) is 0 Å². The van der Waals surface area contributed by atoms with Gasteiger partial charge in [-0.3, -0.25) is 0 Å². The van der Waals surface area contributed by atoms with E-state index in [2.05, 4.69) is 17.0 Å². The lowest BCUT2D eigenvalue weighted by Gasteiger charge is -2.17. The smallest absolute Gasteiger partial charge is 0.240 e. The fourth-order valence-corrected chi connectivity index (χ4v) is 3.36. The average molecular weight is 297 g/mol. The second kappa shape index (κ2) is 6.56. The zero-order valence-electron chi connectivity index (χ0n) is 11.8. The standard InChI is InChI=1S/C14H23N3O2S/c1-2-3-13(10-15)16-11-6-8-14(9-7-11)20(18,19)17-12-4-5-12/h6-9,12-13,16-17H,2-5,10,15H2,1H3. The monoisotopic (exact) mass is 297 g/mol. The fraction of sp³-hybridized carbons (Fsp3) is 0.571. The van der Waals surface area contributed by atoms with Crippen molar-refractivity contribution in [1.29, 1.82) is 0 Å². The van der Waals surface area contributed by atoms with Crippen LogP contribution in [0.2, 0.25) is 0 Å². The third-order valence-corrected chi connectivity index (χ3v) is 4.89. The molecule has 1 saturated carbocycles. The van der Waals surface area contributed by atoms with Gasteiger partial charge in [0.15, 0.2) is 0 Å². The molecule has 1 aromatic carbocycles. The molecule has 0 heterocycles. The zero-order valence-corrected chi connectivity index (χ0v) is 12.6. The van der Waals surface area contributed by atoms with E-state index in [0.717, 1.165) is 31.4 Å². The fourth-order valence-electron chi connectivity index (χ4n) is 2.05. The van der Waals surface area contributed by atoms with E-state index in [9.17, 15) is 8.42 Å². The van der Waals surface area contributed by atoms with Crippen LogP contribution in [0, 0.1) is 0 Å². The van der Waals surface area contributed by atoms with Crippen LogP contribution in [0.4, 0.5) is 5.69 Å². The van der Waals surface area contributed by atoms with Crippen molar-refractivity contribution in [2.24, 2.45) is 5.73 Å². The highest BCUT2D eigenvalue weighted by Crippen LogP contribution is 2.23. The van der Waals surface area contributed by atoms with Crippen molar-refractivity contribution in [3.8, 4) is 0 Å². The molecule has 20 heavy (non-hydrogen) atoms. The topological polar surface area (TPSA) is 84.2 Å². The van der Waals surface area contributed by atoms with E-state index < -0.39 is 10.0 Å². The van der Waals surface area contributed by atoms with Gasteiger partial charge in [0.25, 0.3) is 0 Å². The molecule has 0 spiro atoms. The van der Waals surface area contributed by atoms with Gasteiger partial charge >= 0.3 is 0 Å². The average Bonchev–Trinajstić information content (AvgIpc) is 3.22. The van der Waals surface area contributed by atoms with E-state index in [1.54, 1.807) is 24.3 Å². The minimum absolute atomic E-state index is 0.129. The first-order chi connectivity index (χ1) is 9.55. The SMILES string of the molecule is CCCC(CN)Nc1ccc(S(=O)(=O)NC2CC2)cc1. The Morgan fingerprint density at radius 1 is 1.30 bits per heavy atom. The van der Waals surface area contributed by atoms with E-state index in [4.69, 9.17) is 5.73 Å². The summed E-state index contributed by atoms with van der Waals surface area (Å²) in [5, 5.41) is 3.32. The molecule has 2 rings (SSSR count). The van der Waals surface area contributed by atoms with Gasteiger partial charge in [-0.25, -0.2) is 13.1 Å². The van der Waals surface area contributed by atoms with E-state index >= 15 is 0 Å². The highest BCUT2D eigenvalue weighted by Gasteiger charge is 2.27. The molecular formula is C14H23N3O2S. The van der Waals surface area contributed by atoms with Crippen molar-refractivity contribution in [2.75, 3.05) is 11.9 Å². The molecule has 0 amide bonds. The predicted octanol–water partition coefficient (Wildman–Crippen LogP) is 1.67. The van der Waals surface area contributed by atoms with Gasteiger partial charge in [0.2, 0.25) is 10.0 Å². The lowest BCUT2D eigenvalue weighted by Crippen LogP contribution is -2.28. The predicted molar refractivity (Wildman–Crippen MR) is 81.2 cm³/mol. The second-order valence-electron chi connectivity index (χ2n) is 5.29. The van der Waals surface area contributed by atoms with Gasteiger partial charge in [-0.15, -0.1) is 0 Å². The van der Waals surface area contributed by atoms with Gasteiger partial charge in [-0.1, -0.05) is 13.3 Å². The molecule has 1 aliphatic carbocycles. The molecule has 1 aliphatic rings. The van der Waals surface area contributed by atoms with Crippen LogP contribution in [0.3, 0.4) is 0 Å². The van der Waals surface area contributed by atoms with Crippen molar-refractivity contribution in [3.63, 3.8) is 0 Å². The molecule has 1 unspecified atom stereocenters. The lowest BCUT2D eigenvalue weighted by molar-refractivity contribution is 0.581. The van der Waals surface area contributed by atoms with Crippen LogP contribution in [0.5, 0.6) is 0 Å². The first-order valence-corrected chi connectivity index (χ1v) is 8.62. The van der Waals surface area contributed by atoms with E-state index in [1.165, 1.54) is 0 Å². The Hall–Kier alpha value is -1.11. The Balaban J connectivity index is 2.01. The van der Waals surface area contributed by atoms with Crippen molar-refractivity contribution in [1.82, 2.24) is 4.72 Å². The number of rotatable bonds is 8. The second-order valence-corrected chi connectivity index (χ2v) is 7.00. The third-order valence-electron chi connectivity index (χ3n) is 3.36. The van der Waals surface area contributed by atoms with E-state index in [-0.39, 0.29) is 12.1 Å². The maximum Gasteiger partial charge on any atom is 0.240 e. The lowest BCUT2D eigenvalue weighted by atomic mass is 10.1. The number of hydrogen-bond donors (Lipinski definition) is 3. The summed E-state index contributed by atoms with van der Waals surface area (Å²) >= 11 is 0. The van der Waals surface area contributed by atoms with Crippen LogP contribution in [0.25, 0.3) is 0 Å². The van der Waals surface area contributed by atoms with Crippen molar-refractivity contribution < 1.29 is 8.42 Å². The molecule has 1 aromatic rings. The van der Waals surface area contributed by atoms with Crippen LogP contribution in [0.15, 0.2) is 29.2 Å². The zero-order chi connectivity index (χ0) is 14.6. The maximum absolute atomic E-state index is 12.0. The van der Waals surface area contributed by atoms with Crippen LogP contribution in [-0.2, 0) is 10.0 Å². The normalized spacial score (nSPS) is 16.9. The largest absolute Gasteiger partial charge is 0.381 e. The summed E-state index contributed by atoms with van der Waals surface area (Å²) in [5.41, 5.74) is 6.60. The number of nitrogens with one attached hydrogen (secondary N) is 2. The Kier molecular flexibility index (Phi) is 5.01. The summed E-state index contributed by atoms with van der Waals surface area (Å²) in [6, 6.07) is 7.20. The van der Waals surface area contributed by atoms with Crippen molar-refractivity contribution in [3.05, 3.63) is 24.3 Å². The molecule has 0 aliphatic heterocycles. The molecule has 0 saturated heterocycles. The van der Waals surface area contributed by atoms with Crippen LogP contribution >= 0.6 is 0 Å². The Morgan fingerprint density at radius 2 is 1.95 bits per heavy atom. The number of sulfonamides is 1. The molecule has 0 bridgehead atoms. The molecule has 0 aromatic heterocycles. The summed E-state index contributed by atoms with van der Waals surface area (Å²) in [6.07, 6.45) is 3.94. The number of hydrogen-bond acceptors (Lipinski definition) is 4. The molecular weight excluding hydrogens is 274 g/mol. The van der Waals surface area contributed by atoms with Crippen molar-refractivity contribution in [2.45, 2.75) is 49.6 Å². The van der Waals surface area contributed by atoms with E-state index in [0.29, 0.717) is 11.4 Å². The third kappa shape index (κ3) is 4.19. The molecule has 6 heteroatoms. The number of nitrogens with two attached hydrogens (primary N) is 1. The maximum atomic E-state index is 12.0. The van der Waals surface area contributed by atoms with Crippen LogP contribution < -0.4 is 15.8 Å². The van der Waals surface area contributed by atoms with Crippen LogP contribution in [0.1, 0.15) is 32.6 Å². The molecule has 1 fully saturated rings. The summed E-state index contributed by atoms with van der Waals surface area (Å²) < 4.78 is 26.7. The highest BCUT2D eigenvalue weighted by atomic mass is 32.2. The van der Waals surface area contributed by atoms with Gasteiger partial charge < -0.3 is 11.1 Å². The minimum atomic E-state index is -3.36. The quantitative estimate of drug-likeness (QED) is 0.681. The van der Waals surface area contributed by atoms with Crippen LogP contribution in [-0.4, -0.2) is 27.0 Å².